The molecule has 0 aliphatic carbocycles. The highest BCUT2D eigenvalue weighted by Gasteiger charge is 2.34. The summed E-state index contributed by atoms with van der Waals surface area (Å²) in [5.74, 6) is 5.46. The van der Waals surface area contributed by atoms with Gasteiger partial charge in [-0.2, -0.15) is 10.1 Å². The molecule has 1 heterocycles. The predicted molar refractivity (Wildman–Crippen MR) is 153 cm³/mol. The fraction of sp³-hybridized carbons (Fsp3) is 0.250. The Bertz CT molecular complexity index is 1420. The van der Waals surface area contributed by atoms with E-state index in [2.05, 4.69) is 10.4 Å². The number of hydrazone groups is 1. The number of amides is 2. The number of carbonyl (C=O) groups is 2. The summed E-state index contributed by atoms with van der Waals surface area (Å²) in [6.45, 7) is 6.23. The lowest BCUT2D eigenvalue weighted by Crippen LogP contribution is -2.32. The molecule has 204 valence electrons. The van der Waals surface area contributed by atoms with Crippen molar-refractivity contribution in [1.29, 1.82) is 0 Å². The van der Waals surface area contributed by atoms with Gasteiger partial charge >= 0.3 is 0 Å². The minimum absolute atomic E-state index is 0.0771. The molecule has 1 aliphatic heterocycles. The molecule has 0 radical (unpaired) electrons. The lowest BCUT2D eigenvalue weighted by molar-refractivity contribution is -0.128. The van der Waals surface area contributed by atoms with Crippen molar-refractivity contribution in [2.45, 2.75) is 39.4 Å². The van der Waals surface area contributed by atoms with Gasteiger partial charge in [0.15, 0.2) is 0 Å². The largest absolute Gasteiger partial charge is 0.476 e. The van der Waals surface area contributed by atoms with Crippen LogP contribution in [0, 0.1) is 13.8 Å². The van der Waals surface area contributed by atoms with Crippen molar-refractivity contribution in [3.63, 3.8) is 0 Å². The van der Waals surface area contributed by atoms with Gasteiger partial charge in [0.05, 0.1) is 22.2 Å². The zero-order valence-corrected chi connectivity index (χ0v) is 23.8. The number of ether oxygens (including phenoxy) is 1. The highest BCUT2D eigenvalue weighted by molar-refractivity contribution is 6.42. The van der Waals surface area contributed by atoms with E-state index in [1.165, 1.54) is 12.1 Å². The van der Waals surface area contributed by atoms with E-state index in [0.717, 1.165) is 21.7 Å². The molecular formula is C28H27Cl3N4O4. The Morgan fingerprint density at radius 1 is 1.10 bits per heavy atom. The summed E-state index contributed by atoms with van der Waals surface area (Å²) in [5, 5.41) is 9.06. The van der Waals surface area contributed by atoms with Crippen molar-refractivity contribution in [2.24, 2.45) is 11.0 Å². The molecule has 3 aromatic carbocycles. The van der Waals surface area contributed by atoms with Crippen LogP contribution in [0.4, 0.5) is 5.69 Å². The average molecular weight is 590 g/mol. The van der Waals surface area contributed by atoms with Gasteiger partial charge in [-0.1, -0.05) is 70.7 Å². The maximum Gasteiger partial charge on any atom is 0.265 e. The Balaban J connectivity index is 1.65. The number of nitrogens with one attached hydrogen (secondary N) is 1. The minimum Gasteiger partial charge on any atom is -0.476 e. The van der Waals surface area contributed by atoms with E-state index < -0.39 is 12.2 Å². The Kier molecular flexibility index (Phi) is 9.15. The number of aryl methyl sites for hydroxylation is 2. The molecule has 0 spiro atoms. The maximum absolute atomic E-state index is 13.0. The second-order valence-electron chi connectivity index (χ2n) is 9.03. The second kappa shape index (κ2) is 12.4. The number of hydrogen-bond donors (Lipinski definition) is 2. The molecule has 11 heteroatoms. The van der Waals surface area contributed by atoms with Crippen LogP contribution in [0.2, 0.25) is 15.1 Å². The van der Waals surface area contributed by atoms with Crippen molar-refractivity contribution in [1.82, 2.24) is 5.32 Å². The molecule has 8 nitrogen and oxygen atoms in total. The van der Waals surface area contributed by atoms with Crippen LogP contribution in [0.15, 0.2) is 59.7 Å². The molecule has 4 rings (SSSR count). The van der Waals surface area contributed by atoms with Crippen molar-refractivity contribution < 1.29 is 19.2 Å². The maximum atomic E-state index is 13.0. The van der Waals surface area contributed by atoms with E-state index in [-0.39, 0.29) is 34.0 Å². The number of halogens is 3. The summed E-state index contributed by atoms with van der Waals surface area (Å²) < 4.78 is 6.21. The first-order chi connectivity index (χ1) is 18.6. The van der Waals surface area contributed by atoms with Crippen LogP contribution in [0.3, 0.4) is 0 Å². The second-order valence-corrected chi connectivity index (χ2v) is 10.3. The Morgan fingerprint density at radius 2 is 1.82 bits per heavy atom. The van der Waals surface area contributed by atoms with E-state index in [9.17, 15) is 9.59 Å². The van der Waals surface area contributed by atoms with Crippen LogP contribution in [0.5, 0.6) is 5.75 Å². The molecule has 0 bridgehead atoms. The summed E-state index contributed by atoms with van der Waals surface area (Å²) in [4.78, 5) is 31.1. The third-order valence-electron chi connectivity index (χ3n) is 6.14. The molecule has 2 unspecified atom stereocenters. The first-order valence-electron chi connectivity index (χ1n) is 12.1. The molecule has 1 aliphatic rings. The molecule has 2 atom stereocenters. The number of carbonyl (C=O) groups excluding carboxylic acids is 2. The number of nitrogens with zero attached hydrogens (tertiary/aromatic N) is 2. The highest BCUT2D eigenvalue weighted by Crippen LogP contribution is 2.39. The minimum atomic E-state index is -0.881. The average Bonchev–Trinajstić information content (AvgIpc) is 3.23. The van der Waals surface area contributed by atoms with E-state index >= 15 is 0 Å². The zero-order valence-electron chi connectivity index (χ0n) is 21.5. The molecule has 39 heavy (non-hydrogen) atoms. The zero-order chi connectivity index (χ0) is 28.3. The lowest BCUT2D eigenvalue weighted by atomic mass is 10.00. The van der Waals surface area contributed by atoms with Crippen LogP contribution in [0.1, 0.15) is 47.8 Å². The summed E-state index contributed by atoms with van der Waals surface area (Å²) in [6, 6.07) is 15.7. The number of nitrogens with two attached hydrogens (primary N) is 1. The summed E-state index contributed by atoms with van der Waals surface area (Å²) in [6.07, 6.45) is -1.84. The van der Waals surface area contributed by atoms with Gasteiger partial charge in [0, 0.05) is 17.1 Å². The Hall–Kier alpha value is -3.14. The lowest BCUT2D eigenvalue weighted by Gasteiger charge is -2.22. The van der Waals surface area contributed by atoms with Gasteiger partial charge in [-0.15, -0.1) is 0 Å². The number of likely N-dealkylation sites (N-methyl/N-ethyl adjacent to an activating group) is 1. The molecule has 3 aromatic rings. The van der Waals surface area contributed by atoms with Crippen molar-refractivity contribution in [3.05, 3.63) is 91.9 Å². The number of rotatable bonds is 9. The number of anilines is 1. The fourth-order valence-electron chi connectivity index (χ4n) is 4.39. The first kappa shape index (κ1) is 28.9. The first-order valence-corrected chi connectivity index (χ1v) is 13.3. The van der Waals surface area contributed by atoms with Crippen LogP contribution in [-0.2, 0) is 14.4 Å². The van der Waals surface area contributed by atoms with Crippen LogP contribution >= 0.6 is 34.8 Å². The molecule has 3 N–H and O–H groups in total. The van der Waals surface area contributed by atoms with Crippen molar-refractivity contribution in [3.8, 4) is 5.75 Å². The van der Waals surface area contributed by atoms with Crippen LogP contribution < -0.4 is 21.0 Å². The smallest absolute Gasteiger partial charge is 0.265 e. The highest BCUT2D eigenvalue weighted by atomic mass is 35.5. The summed E-state index contributed by atoms with van der Waals surface area (Å²) >= 11 is 18.6. The van der Waals surface area contributed by atoms with Crippen LogP contribution in [-0.4, -0.2) is 24.1 Å². The molecule has 0 saturated carbocycles. The van der Waals surface area contributed by atoms with E-state index in [1.807, 2.05) is 39.0 Å². The van der Waals surface area contributed by atoms with Gasteiger partial charge in [0.1, 0.15) is 17.5 Å². The van der Waals surface area contributed by atoms with Crippen molar-refractivity contribution in [2.75, 3.05) is 11.6 Å². The fourth-order valence-corrected chi connectivity index (χ4v) is 5.36. The quantitative estimate of drug-likeness (QED) is 0.287. The molecule has 0 fully saturated rings. The van der Waals surface area contributed by atoms with E-state index in [0.29, 0.717) is 28.6 Å². The number of hydrogen-bond acceptors (Lipinski definition) is 6. The standard InChI is InChI=1S/C28H27Cl3N4O4/c1-4-33-28(37)27(20-9-8-15(2)10-16(20)3)38-19-7-5-6-17(11-19)26(39-32)23-14-24(36)35(34-23)25-21(30)12-18(29)13-22(25)31/h5-13,26-27H,4,14,32H2,1-3H3,(H,33,37). The summed E-state index contributed by atoms with van der Waals surface area (Å²) in [7, 11) is 0. The Labute approximate surface area is 241 Å². The third-order valence-corrected chi connectivity index (χ3v) is 6.94. The SMILES string of the molecule is CCNC(=O)C(Oc1cccc(C(ON)C2=NN(c3c(Cl)cc(Cl)cc3Cl)C(=O)C2)c1)c1ccc(C)cc1C. The summed E-state index contributed by atoms with van der Waals surface area (Å²) in [5.41, 5.74) is 3.90. The molecule has 2 amide bonds. The molecule has 0 aromatic heterocycles. The Morgan fingerprint density at radius 3 is 2.46 bits per heavy atom. The monoisotopic (exact) mass is 588 g/mol. The topological polar surface area (TPSA) is 106 Å². The predicted octanol–water partition coefficient (Wildman–Crippen LogP) is 6.24. The van der Waals surface area contributed by atoms with Gasteiger partial charge in [-0.25, -0.2) is 5.90 Å². The number of benzene rings is 3. The normalized spacial score (nSPS) is 14.7. The third kappa shape index (κ3) is 6.37. The molecule has 0 saturated heterocycles. The van der Waals surface area contributed by atoms with Crippen molar-refractivity contribution >= 4 is 58.0 Å². The van der Waals surface area contributed by atoms with E-state index in [1.54, 1.807) is 24.3 Å². The van der Waals surface area contributed by atoms with Gasteiger partial charge in [0.25, 0.3) is 11.8 Å². The van der Waals surface area contributed by atoms with Gasteiger partial charge < -0.3 is 10.1 Å². The molecular weight excluding hydrogens is 563 g/mol. The van der Waals surface area contributed by atoms with Gasteiger partial charge in [-0.3, -0.25) is 14.4 Å². The van der Waals surface area contributed by atoms with Gasteiger partial charge in [0.2, 0.25) is 6.10 Å². The van der Waals surface area contributed by atoms with Gasteiger partial charge in [-0.05, 0) is 56.2 Å². The van der Waals surface area contributed by atoms with E-state index in [4.69, 9.17) is 50.3 Å². The van der Waals surface area contributed by atoms with Crippen LogP contribution in [0.25, 0.3) is 0 Å².